The summed E-state index contributed by atoms with van der Waals surface area (Å²) in [5.74, 6) is 0.734. The number of nitrogens with two attached hydrogens (primary N) is 1. The Morgan fingerprint density at radius 3 is 2.13 bits per heavy atom. The molecular formula is C13H30N2. The molecule has 0 aromatic carbocycles. The fraction of sp³-hybridized carbons (Fsp3) is 1.00. The van der Waals surface area contributed by atoms with Crippen molar-refractivity contribution < 1.29 is 0 Å². The molecular weight excluding hydrogens is 184 g/mol. The standard InChI is InChI=1S/C13H30N2/c1-11(2)12(3)15(6)9-7-8-13(4,5)10-14/h11-12H,7-10,14H2,1-6H3. The molecule has 0 aliphatic rings. The molecule has 0 aromatic heterocycles. The number of hydrogen-bond donors (Lipinski definition) is 1. The first-order valence-electron chi connectivity index (χ1n) is 6.20. The average molecular weight is 214 g/mol. The van der Waals surface area contributed by atoms with Crippen LogP contribution >= 0.6 is 0 Å². The highest BCUT2D eigenvalue weighted by Gasteiger charge is 2.17. The summed E-state index contributed by atoms with van der Waals surface area (Å²) in [7, 11) is 2.22. The quantitative estimate of drug-likeness (QED) is 0.706. The van der Waals surface area contributed by atoms with E-state index in [0.29, 0.717) is 11.5 Å². The molecule has 0 aliphatic heterocycles. The molecule has 0 spiro atoms. The molecule has 0 aliphatic carbocycles. The van der Waals surface area contributed by atoms with Crippen LogP contribution in [0.15, 0.2) is 0 Å². The number of hydrogen-bond acceptors (Lipinski definition) is 2. The van der Waals surface area contributed by atoms with Crippen molar-refractivity contribution in [1.29, 1.82) is 0 Å². The maximum Gasteiger partial charge on any atom is 0.00868 e. The Kier molecular flexibility index (Phi) is 6.46. The van der Waals surface area contributed by atoms with Crippen LogP contribution in [0.3, 0.4) is 0 Å². The van der Waals surface area contributed by atoms with Gasteiger partial charge in [0.15, 0.2) is 0 Å². The summed E-state index contributed by atoms with van der Waals surface area (Å²) in [6, 6.07) is 0.672. The van der Waals surface area contributed by atoms with E-state index in [-0.39, 0.29) is 0 Å². The van der Waals surface area contributed by atoms with Gasteiger partial charge in [0.05, 0.1) is 0 Å². The molecule has 0 saturated carbocycles. The Bertz CT molecular complexity index is 164. The summed E-state index contributed by atoms with van der Waals surface area (Å²) in [6.07, 6.45) is 2.47. The lowest BCUT2D eigenvalue weighted by Gasteiger charge is -2.29. The van der Waals surface area contributed by atoms with E-state index in [1.165, 1.54) is 19.4 Å². The van der Waals surface area contributed by atoms with E-state index in [9.17, 15) is 0 Å². The highest BCUT2D eigenvalue weighted by atomic mass is 15.1. The first-order valence-corrected chi connectivity index (χ1v) is 6.20. The van der Waals surface area contributed by atoms with Crippen molar-refractivity contribution in [3.05, 3.63) is 0 Å². The second kappa shape index (κ2) is 6.49. The molecule has 2 nitrogen and oxygen atoms in total. The van der Waals surface area contributed by atoms with Crippen LogP contribution in [-0.2, 0) is 0 Å². The van der Waals surface area contributed by atoms with Gasteiger partial charge in [0.1, 0.15) is 0 Å². The van der Waals surface area contributed by atoms with Crippen molar-refractivity contribution in [3.63, 3.8) is 0 Å². The summed E-state index contributed by atoms with van der Waals surface area (Å²) < 4.78 is 0. The van der Waals surface area contributed by atoms with E-state index < -0.39 is 0 Å². The highest BCUT2D eigenvalue weighted by Crippen LogP contribution is 2.20. The lowest BCUT2D eigenvalue weighted by molar-refractivity contribution is 0.193. The fourth-order valence-electron chi connectivity index (χ4n) is 1.62. The molecule has 0 radical (unpaired) electrons. The van der Waals surface area contributed by atoms with Crippen molar-refractivity contribution >= 4 is 0 Å². The third kappa shape index (κ3) is 6.16. The van der Waals surface area contributed by atoms with Crippen molar-refractivity contribution in [3.8, 4) is 0 Å². The largest absolute Gasteiger partial charge is 0.330 e. The predicted octanol–water partition coefficient (Wildman–Crippen LogP) is 2.73. The molecule has 0 bridgehead atoms. The van der Waals surface area contributed by atoms with Crippen LogP contribution in [0, 0.1) is 11.3 Å². The molecule has 0 aromatic rings. The molecule has 0 saturated heterocycles. The van der Waals surface area contributed by atoms with Crippen LogP contribution in [0.4, 0.5) is 0 Å². The summed E-state index contributed by atoms with van der Waals surface area (Å²) in [5, 5.41) is 0. The molecule has 0 amide bonds. The molecule has 2 heteroatoms. The summed E-state index contributed by atoms with van der Waals surface area (Å²) in [5.41, 5.74) is 6.03. The summed E-state index contributed by atoms with van der Waals surface area (Å²) >= 11 is 0. The van der Waals surface area contributed by atoms with Gasteiger partial charge in [-0.2, -0.15) is 0 Å². The van der Waals surface area contributed by atoms with E-state index in [2.05, 4.69) is 46.6 Å². The average Bonchev–Trinajstić information content (AvgIpc) is 2.16. The molecule has 92 valence electrons. The molecule has 15 heavy (non-hydrogen) atoms. The zero-order valence-corrected chi connectivity index (χ0v) is 11.5. The monoisotopic (exact) mass is 214 g/mol. The topological polar surface area (TPSA) is 29.3 Å². The highest BCUT2D eigenvalue weighted by molar-refractivity contribution is 4.72. The van der Waals surface area contributed by atoms with Gasteiger partial charge in [-0.15, -0.1) is 0 Å². The van der Waals surface area contributed by atoms with E-state index in [1.807, 2.05) is 0 Å². The van der Waals surface area contributed by atoms with Gasteiger partial charge in [-0.1, -0.05) is 27.7 Å². The van der Waals surface area contributed by atoms with Gasteiger partial charge in [0, 0.05) is 6.04 Å². The summed E-state index contributed by atoms with van der Waals surface area (Å²) in [4.78, 5) is 2.46. The Morgan fingerprint density at radius 1 is 1.20 bits per heavy atom. The Morgan fingerprint density at radius 2 is 1.73 bits per heavy atom. The lowest BCUT2D eigenvalue weighted by atomic mass is 9.88. The third-order valence-corrected chi connectivity index (χ3v) is 3.58. The van der Waals surface area contributed by atoms with E-state index in [4.69, 9.17) is 5.73 Å². The van der Waals surface area contributed by atoms with E-state index >= 15 is 0 Å². The SMILES string of the molecule is CC(C)C(C)N(C)CCCC(C)(C)CN. The second-order valence-corrected chi connectivity index (χ2v) is 5.94. The van der Waals surface area contributed by atoms with Crippen LogP contribution in [-0.4, -0.2) is 31.1 Å². The maximum atomic E-state index is 5.72. The molecule has 1 atom stereocenters. The first-order chi connectivity index (χ1) is 6.80. The maximum absolute atomic E-state index is 5.72. The van der Waals surface area contributed by atoms with Gasteiger partial charge in [-0.25, -0.2) is 0 Å². The lowest BCUT2D eigenvalue weighted by Crippen LogP contribution is -2.34. The predicted molar refractivity (Wildman–Crippen MR) is 69.0 cm³/mol. The minimum absolute atomic E-state index is 0.307. The second-order valence-electron chi connectivity index (χ2n) is 5.94. The van der Waals surface area contributed by atoms with Gasteiger partial charge in [-0.05, 0) is 51.2 Å². The van der Waals surface area contributed by atoms with Crippen molar-refractivity contribution in [2.45, 2.75) is 53.5 Å². The Hall–Kier alpha value is -0.0800. The van der Waals surface area contributed by atoms with Crippen LogP contribution in [0.5, 0.6) is 0 Å². The fourth-order valence-corrected chi connectivity index (χ4v) is 1.62. The van der Waals surface area contributed by atoms with Gasteiger partial charge in [-0.3, -0.25) is 0 Å². The van der Waals surface area contributed by atoms with E-state index in [1.54, 1.807) is 0 Å². The molecule has 0 heterocycles. The minimum Gasteiger partial charge on any atom is -0.330 e. The smallest absolute Gasteiger partial charge is 0.00868 e. The van der Waals surface area contributed by atoms with Crippen LogP contribution in [0.1, 0.15) is 47.5 Å². The third-order valence-electron chi connectivity index (χ3n) is 3.58. The van der Waals surface area contributed by atoms with E-state index in [0.717, 1.165) is 12.5 Å². The van der Waals surface area contributed by atoms with Gasteiger partial charge in [0.2, 0.25) is 0 Å². The zero-order chi connectivity index (χ0) is 12.1. The van der Waals surface area contributed by atoms with Crippen LogP contribution < -0.4 is 5.73 Å². The van der Waals surface area contributed by atoms with Crippen molar-refractivity contribution in [2.24, 2.45) is 17.1 Å². The molecule has 2 N–H and O–H groups in total. The van der Waals surface area contributed by atoms with Gasteiger partial charge in [0.25, 0.3) is 0 Å². The van der Waals surface area contributed by atoms with Gasteiger partial charge >= 0.3 is 0 Å². The molecule has 0 fully saturated rings. The minimum atomic E-state index is 0.307. The van der Waals surface area contributed by atoms with Gasteiger partial charge < -0.3 is 10.6 Å². The van der Waals surface area contributed by atoms with Crippen molar-refractivity contribution in [2.75, 3.05) is 20.1 Å². The molecule has 1 unspecified atom stereocenters. The van der Waals surface area contributed by atoms with Crippen LogP contribution in [0.25, 0.3) is 0 Å². The Balaban J connectivity index is 3.77. The van der Waals surface area contributed by atoms with Crippen molar-refractivity contribution in [1.82, 2.24) is 4.90 Å². The first kappa shape index (κ1) is 14.9. The number of rotatable bonds is 7. The Labute approximate surface area is 96.2 Å². The normalized spacial score (nSPS) is 15.0. The molecule has 0 rings (SSSR count). The number of nitrogens with zero attached hydrogens (tertiary/aromatic N) is 1. The zero-order valence-electron chi connectivity index (χ0n) is 11.5. The van der Waals surface area contributed by atoms with Crippen LogP contribution in [0.2, 0.25) is 0 Å². The summed E-state index contributed by atoms with van der Waals surface area (Å²) in [6.45, 7) is 13.3.